The van der Waals surface area contributed by atoms with Crippen molar-refractivity contribution in [1.82, 2.24) is 4.98 Å². The zero-order chi connectivity index (χ0) is 14.5. The number of aryl methyl sites for hydroxylation is 1. The van der Waals surface area contributed by atoms with Crippen molar-refractivity contribution in [2.45, 2.75) is 25.7 Å². The van der Waals surface area contributed by atoms with Crippen molar-refractivity contribution < 1.29 is 4.92 Å². The SMILES string of the molecule is Nc1c([N+](=O)[O-])c(CCCCCCl)nc2ccccc12. The number of aromatic nitrogens is 1. The van der Waals surface area contributed by atoms with Gasteiger partial charge in [-0.1, -0.05) is 24.6 Å². The molecule has 2 rings (SSSR count). The molecule has 0 fully saturated rings. The standard InChI is InChI=1S/C14H16ClN3O2/c15-9-5-1-2-8-12-14(18(19)20)13(16)10-6-3-4-7-11(10)17-12/h3-4,6-7H,1-2,5,8-9H2,(H2,16,17). The zero-order valence-electron chi connectivity index (χ0n) is 11.0. The Balaban J connectivity index is 2.40. The second kappa shape index (κ2) is 6.52. The fraction of sp³-hybridized carbons (Fsp3) is 0.357. The van der Waals surface area contributed by atoms with Crippen LogP contribution in [0.25, 0.3) is 10.9 Å². The summed E-state index contributed by atoms with van der Waals surface area (Å²) in [5.41, 5.74) is 7.25. The minimum Gasteiger partial charge on any atom is -0.393 e. The number of halogens is 1. The van der Waals surface area contributed by atoms with Crippen molar-refractivity contribution in [3.05, 3.63) is 40.1 Å². The first-order chi connectivity index (χ1) is 9.65. The minimum atomic E-state index is -0.439. The number of nitrogens with two attached hydrogens (primary N) is 1. The molecular formula is C14H16ClN3O2. The number of para-hydroxylation sites is 1. The molecule has 0 bridgehead atoms. The van der Waals surface area contributed by atoms with Crippen molar-refractivity contribution in [1.29, 1.82) is 0 Å². The highest BCUT2D eigenvalue weighted by Gasteiger charge is 2.22. The zero-order valence-corrected chi connectivity index (χ0v) is 11.8. The lowest BCUT2D eigenvalue weighted by molar-refractivity contribution is -0.384. The molecule has 0 spiro atoms. The topological polar surface area (TPSA) is 82.0 Å². The molecule has 106 valence electrons. The quantitative estimate of drug-likeness (QED) is 0.381. The van der Waals surface area contributed by atoms with Crippen LogP contribution in [0.4, 0.5) is 11.4 Å². The van der Waals surface area contributed by atoms with Gasteiger partial charge >= 0.3 is 5.69 Å². The number of pyridine rings is 1. The van der Waals surface area contributed by atoms with Gasteiger partial charge in [-0.2, -0.15) is 0 Å². The van der Waals surface area contributed by atoms with Crippen LogP contribution >= 0.6 is 11.6 Å². The number of hydrogen-bond donors (Lipinski definition) is 1. The van der Waals surface area contributed by atoms with E-state index in [4.69, 9.17) is 17.3 Å². The van der Waals surface area contributed by atoms with Crippen LogP contribution in [-0.4, -0.2) is 15.8 Å². The number of anilines is 1. The second-order valence-corrected chi connectivity index (χ2v) is 4.97. The Morgan fingerprint density at radius 3 is 2.70 bits per heavy atom. The van der Waals surface area contributed by atoms with Crippen molar-refractivity contribution in [3.8, 4) is 0 Å². The smallest absolute Gasteiger partial charge is 0.314 e. The molecule has 1 aromatic heterocycles. The largest absolute Gasteiger partial charge is 0.393 e. The summed E-state index contributed by atoms with van der Waals surface area (Å²) in [6.45, 7) is 0. The maximum Gasteiger partial charge on any atom is 0.314 e. The van der Waals surface area contributed by atoms with E-state index in [0.29, 0.717) is 28.9 Å². The highest BCUT2D eigenvalue weighted by atomic mass is 35.5. The number of benzene rings is 1. The Morgan fingerprint density at radius 2 is 2.00 bits per heavy atom. The first-order valence-electron chi connectivity index (χ1n) is 6.52. The number of alkyl halides is 1. The molecule has 6 heteroatoms. The van der Waals surface area contributed by atoms with E-state index >= 15 is 0 Å². The van der Waals surface area contributed by atoms with E-state index in [1.54, 1.807) is 12.1 Å². The number of fused-ring (bicyclic) bond motifs is 1. The van der Waals surface area contributed by atoms with E-state index in [1.165, 1.54) is 0 Å². The molecule has 0 aliphatic carbocycles. The predicted octanol–water partition coefficient (Wildman–Crippen LogP) is 3.68. The third-order valence-corrected chi connectivity index (χ3v) is 3.48. The highest BCUT2D eigenvalue weighted by molar-refractivity contribution is 6.17. The maximum atomic E-state index is 11.2. The molecule has 0 atom stereocenters. The number of unbranched alkanes of at least 4 members (excludes halogenated alkanes) is 2. The summed E-state index contributed by atoms with van der Waals surface area (Å²) in [6.07, 6.45) is 3.19. The van der Waals surface area contributed by atoms with Gasteiger partial charge in [0, 0.05) is 11.3 Å². The molecule has 1 aromatic carbocycles. The molecule has 2 aromatic rings. The summed E-state index contributed by atoms with van der Waals surface area (Å²) < 4.78 is 0. The van der Waals surface area contributed by atoms with Gasteiger partial charge in [0.25, 0.3) is 0 Å². The molecular weight excluding hydrogens is 278 g/mol. The summed E-state index contributed by atoms with van der Waals surface area (Å²) in [4.78, 5) is 15.2. The summed E-state index contributed by atoms with van der Waals surface area (Å²) in [5, 5.41) is 11.9. The monoisotopic (exact) mass is 293 g/mol. The van der Waals surface area contributed by atoms with Gasteiger partial charge in [0.1, 0.15) is 11.4 Å². The fourth-order valence-corrected chi connectivity index (χ4v) is 2.41. The molecule has 0 aliphatic rings. The molecule has 0 unspecified atom stereocenters. The number of nitro groups is 1. The molecule has 20 heavy (non-hydrogen) atoms. The van der Waals surface area contributed by atoms with E-state index in [-0.39, 0.29) is 11.4 Å². The van der Waals surface area contributed by atoms with Gasteiger partial charge in [-0.15, -0.1) is 11.6 Å². The van der Waals surface area contributed by atoms with Crippen molar-refractivity contribution in [3.63, 3.8) is 0 Å². The number of nitrogens with zero attached hydrogens (tertiary/aromatic N) is 2. The molecule has 2 N–H and O–H groups in total. The molecule has 5 nitrogen and oxygen atoms in total. The van der Waals surface area contributed by atoms with Crippen LogP contribution in [0.1, 0.15) is 25.0 Å². The van der Waals surface area contributed by atoms with E-state index in [9.17, 15) is 10.1 Å². The van der Waals surface area contributed by atoms with Crippen molar-refractivity contribution in [2.24, 2.45) is 0 Å². The third kappa shape index (κ3) is 2.99. The second-order valence-electron chi connectivity index (χ2n) is 4.59. The molecule has 0 radical (unpaired) electrons. The van der Waals surface area contributed by atoms with Crippen molar-refractivity contribution >= 4 is 33.9 Å². The lowest BCUT2D eigenvalue weighted by Gasteiger charge is -2.08. The van der Waals surface area contributed by atoms with E-state index in [1.807, 2.05) is 12.1 Å². The van der Waals surface area contributed by atoms with Crippen LogP contribution in [-0.2, 0) is 6.42 Å². The van der Waals surface area contributed by atoms with Crippen LogP contribution in [0, 0.1) is 10.1 Å². The van der Waals surface area contributed by atoms with Crippen molar-refractivity contribution in [2.75, 3.05) is 11.6 Å². The van der Waals surface area contributed by atoms with Crippen LogP contribution in [0.2, 0.25) is 0 Å². The van der Waals surface area contributed by atoms with E-state index in [0.717, 1.165) is 19.3 Å². The first-order valence-corrected chi connectivity index (χ1v) is 7.06. The van der Waals surface area contributed by atoms with Crippen LogP contribution in [0.5, 0.6) is 0 Å². The van der Waals surface area contributed by atoms with Gasteiger partial charge in [0.15, 0.2) is 0 Å². The van der Waals surface area contributed by atoms with Gasteiger partial charge in [0.05, 0.1) is 10.4 Å². The normalized spacial score (nSPS) is 10.8. The van der Waals surface area contributed by atoms with E-state index < -0.39 is 4.92 Å². The molecule has 0 aliphatic heterocycles. The van der Waals surface area contributed by atoms with Crippen LogP contribution < -0.4 is 5.73 Å². The highest BCUT2D eigenvalue weighted by Crippen LogP contribution is 2.32. The molecule has 1 heterocycles. The predicted molar refractivity (Wildman–Crippen MR) is 81.1 cm³/mol. The average molecular weight is 294 g/mol. The summed E-state index contributed by atoms with van der Waals surface area (Å²) in [6, 6.07) is 7.21. The Kier molecular flexibility index (Phi) is 4.74. The number of rotatable bonds is 6. The Bertz CT molecular complexity index is 631. The maximum absolute atomic E-state index is 11.2. The Hall–Kier alpha value is -1.88. The minimum absolute atomic E-state index is 0.0606. The average Bonchev–Trinajstić information content (AvgIpc) is 2.43. The van der Waals surface area contributed by atoms with Gasteiger partial charge in [-0.25, -0.2) is 4.98 Å². The molecule has 0 saturated carbocycles. The van der Waals surface area contributed by atoms with E-state index in [2.05, 4.69) is 4.98 Å². The fourth-order valence-electron chi connectivity index (χ4n) is 2.22. The lowest BCUT2D eigenvalue weighted by atomic mass is 10.1. The van der Waals surface area contributed by atoms with Crippen LogP contribution in [0.15, 0.2) is 24.3 Å². The molecule has 0 amide bonds. The van der Waals surface area contributed by atoms with Gasteiger partial charge in [0.2, 0.25) is 0 Å². The summed E-state index contributed by atoms with van der Waals surface area (Å²) in [5.74, 6) is 0.607. The van der Waals surface area contributed by atoms with Crippen LogP contribution in [0.3, 0.4) is 0 Å². The van der Waals surface area contributed by atoms with Gasteiger partial charge < -0.3 is 5.73 Å². The Morgan fingerprint density at radius 1 is 1.25 bits per heavy atom. The number of nitrogen functional groups attached to an aromatic ring is 1. The van der Waals surface area contributed by atoms with Gasteiger partial charge in [-0.05, 0) is 25.3 Å². The lowest BCUT2D eigenvalue weighted by Crippen LogP contribution is -2.04. The number of hydrogen-bond acceptors (Lipinski definition) is 4. The molecule has 0 saturated heterocycles. The first kappa shape index (κ1) is 14.5. The summed E-state index contributed by atoms with van der Waals surface area (Å²) >= 11 is 5.62. The third-order valence-electron chi connectivity index (χ3n) is 3.21. The summed E-state index contributed by atoms with van der Waals surface area (Å²) in [7, 11) is 0. The Labute approximate surface area is 121 Å². The van der Waals surface area contributed by atoms with Gasteiger partial charge in [-0.3, -0.25) is 10.1 Å².